The van der Waals surface area contributed by atoms with Gasteiger partial charge in [-0.25, -0.2) is 14.6 Å². The van der Waals surface area contributed by atoms with E-state index in [0.717, 1.165) is 56.4 Å². The lowest BCUT2D eigenvalue weighted by Crippen LogP contribution is -2.47. The molecule has 0 amide bonds. The molecule has 2 aromatic heterocycles. The lowest BCUT2D eigenvalue weighted by molar-refractivity contribution is 0.177. The number of ether oxygens (including phenoxy) is 1. The monoisotopic (exact) mass is 377 g/mol. The van der Waals surface area contributed by atoms with Crippen LogP contribution in [0.15, 0.2) is 11.2 Å². The van der Waals surface area contributed by atoms with E-state index in [9.17, 15) is 0 Å². The average Bonchev–Trinajstić information content (AvgIpc) is 3.27. The fourth-order valence-corrected chi connectivity index (χ4v) is 3.83. The predicted molar refractivity (Wildman–Crippen MR) is 103 cm³/mol. The van der Waals surface area contributed by atoms with Crippen LogP contribution in [-0.4, -0.2) is 52.5 Å². The number of hydrogen-bond donors (Lipinski definition) is 2. The Kier molecular flexibility index (Phi) is 6.56. The Hall–Kier alpha value is -2.00. The van der Waals surface area contributed by atoms with Crippen molar-refractivity contribution in [3.8, 4) is 0 Å². The molecule has 0 saturated carbocycles. The Labute approximate surface area is 158 Å². The highest BCUT2D eigenvalue weighted by Gasteiger charge is 2.22. The van der Waals surface area contributed by atoms with Crippen molar-refractivity contribution < 1.29 is 4.74 Å². The normalized spacial score (nSPS) is 17.2. The van der Waals surface area contributed by atoms with Crippen LogP contribution < -0.4 is 10.6 Å². The summed E-state index contributed by atoms with van der Waals surface area (Å²) in [6.07, 6.45) is 5.85. The molecule has 26 heavy (non-hydrogen) atoms. The number of rotatable bonds is 7. The molecule has 0 radical (unpaired) electrons. The van der Waals surface area contributed by atoms with Gasteiger partial charge in [0.1, 0.15) is 12.4 Å². The van der Waals surface area contributed by atoms with Crippen LogP contribution in [0, 0.1) is 0 Å². The average molecular weight is 378 g/mol. The number of hydrogen-bond acceptors (Lipinski definition) is 6. The van der Waals surface area contributed by atoms with Gasteiger partial charge in [-0.05, 0) is 12.8 Å². The Bertz CT molecular complexity index is 739. The van der Waals surface area contributed by atoms with Crippen LogP contribution in [-0.2, 0) is 37.2 Å². The van der Waals surface area contributed by atoms with Gasteiger partial charge in [-0.15, -0.1) is 11.3 Å². The SMILES string of the molecule is CCc1cnc(CCNC(=NC)NC2CCc3nc(COC)nn3C2)s1. The number of aliphatic imine (C=N–C) groups is 1. The van der Waals surface area contributed by atoms with Crippen molar-refractivity contribution >= 4 is 17.3 Å². The van der Waals surface area contributed by atoms with E-state index >= 15 is 0 Å². The standard InChI is InChI=1S/C17H27N7OS/c1-4-13-9-20-16(26-13)7-8-19-17(18-2)21-12-5-6-15-22-14(11-25-3)23-24(15)10-12/h9,12H,4-8,10-11H2,1-3H3,(H2,18,19,21). The molecule has 3 heterocycles. The number of thiazole rings is 1. The van der Waals surface area contributed by atoms with Crippen LogP contribution in [0.25, 0.3) is 0 Å². The van der Waals surface area contributed by atoms with Crippen LogP contribution in [0.5, 0.6) is 0 Å². The summed E-state index contributed by atoms with van der Waals surface area (Å²) in [6.45, 7) is 4.22. The minimum Gasteiger partial charge on any atom is -0.377 e. The highest BCUT2D eigenvalue weighted by molar-refractivity contribution is 7.11. The lowest BCUT2D eigenvalue weighted by atomic mass is 10.1. The second kappa shape index (κ2) is 9.09. The third kappa shape index (κ3) is 4.79. The maximum Gasteiger partial charge on any atom is 0.191 e. The summed E-state index contributed by atoms with van der Waals surface area (Å²) in [4.78, 5) is 14.6. The van der Waals surface area contributed by atoms with Gasteiger partial charge in [-0.1, -0.05) is 6.92 Å². The van der Waals surface area contributed by atoms with Crippen LogP contribution in [0.3, 0.4) is 0 Å². The predicted octanol–water partition coefficient (Wildman–Crippen LogP) is 1.17. The molecular weight excluding hydrogens is 350 g/mol. The molecule has 1 aliphatic rings. The smallest absolute Gasteiger partial charge is 0.191 e. The first kappa shape index (κ1) is 18.8. The number of fused-ring (bicyclic) bond motifs is 1. The Balaban J connectivity index is 1.47. The van der Waals surface area contributed by atoms with Crippen molar-refractivity contribution in [3.05, 3.63) is 27.7 Å². The van der Waals surface area contributed by atoms with Crippen molar-refractivity contribution in [1.29, 1.82) is 0 Å². The van der Waals surface area contributed by atoms with Gasteiger partial charge >= 0.3 is 0 Å². The Morgan fingerprint density at radius 2 is 2.38 bits per heavy atom. The molecule has 1 unspecified atom stereocenters. The lowest BCUT2D eigenvalue weighted by Gasteiger charge is -2.25. The number of aryl methyl sites for hydroxylation is 2. The third-order valence-corrected chi connectivity index (χ3v) is 5.52. The van der Waals surface area contributed by atoms with Crippen molar-refractivity contribution in [1.82, 2.24) is 30.4 Å². The van der Waals surface area contributed by atoms with Gasteiger partial charge in [0.05, 0.1) is 11.6 Å². The van der Waals surface area contributed by atoms with Crippen molar-refractivity contribution in [2.24, 2.45) is 4.99 Å². The molecule has 1 aliphatic heterocycles. The topological polar surface area (TPSA) is 89.2 Å². The minimum absolute atomic E-state index is 0.289. The first-order valence-corrected chi connectivity index (χ1v) is 9.85. The van der Waals surface area contributed by atoms with Crippen LogP contribution in [0.4, 0.5) is 0 Å². The number of nitrogens with one attached hydrogen (secondary N) is 2. The fraction of sp³-hybridized carbons (Fsp3) is 0.647. The van der Waals surface area contributed by atoms with E-state index in [4.69, 9.17) is 4.74 Å². The van der Waals surface area contributed by atoms with Crippen LogP contribution >= 0.6 is 11.3 Å². The quantitative estimate of drug-likeness (QED) is 0.556. The Morgan fingerprint density at radius 1 is 1.50 bits per heavy atom. The highest BCUT2D eigenvalue weighted by atomic mass is 32.1. The summed E-state index contributed by atoms with van der Waals surface area (Å²) >= 11 is 1.79. The molecule has 8 nitrogen and oxygen atoms in total. The summed E-state index contributed by atoms with van der Waals surface area (Å²) in [5, 5.41) is 12.6. The largest absolute Gasteiger partial charge is 0.377 e. The van der Waals surface area contributed by atoms with E-state index in [1.807, 2.05) is 10.9 Å². The van der Waals surface area contributed by atoms with Gasteiger partial charge in [0, 0.05) is 50.7 Å². The summed E-state index contributed by atoms with van der Waals surface area (Å²) in [7, 11) is 3.46. The zero-order valence-corrected chi connectivity index (χ0v) is 16.5. The second-order valence-corrected chi connectivity index (χ2v) is 7.46. The van der Waals surface area contributed by atoms with E-state index in [-0.39, 0.29) is 6.04 Å². The van der Waals surface area contributed by atoms with Gasteiger partial charge in [-0.2, -0.15) is 5.10 Å². The molecule has 9 heteroatoms. The fourth-order valence-electron chi connectivity index (χ4n) is 2.97. The van der Waals surface area contributed by atoms with Gasteiger partial charge in [0.15, 0.2) is 11.8 Å². The van der Waals surface area contributed by atoms with Crippen molar-refractivity contribution in [3.63, 3.8) is 0 Å². The van der Waals surface area contributed by atoms with E-state index in [0.29, 0.717) is 6.61 Å². The van der Waals surface area contributed by atoms with E-state index in [2.05, 4.69) is 37.6 Å². The maximum atomic E-state index is 5.12. The Morgan fingerprint density at radius 3 is 3.12 bits per heavy atom. The van der Waals surface area contributed by atoms with Crippen molar-refractivity contribution in [2.45, 2.75) is 51.8 Å². The highest BCUT2D eigenvalue weighted by Crippen LogP contribution is 2.14. The molecule has 0 spiro atoms. The summed E-state index contributed by atoms with van der Waals surface area (Å²) in [5.41, 5.74) is 0. The zero-order valence-electron chi connectivity index (χ0n) is 15.7. The van der Waals surface area contributed by atoms with E-state index in [1.54, 1.807) is 25.5 Å². The molecule has 0 aromatic carbocycles. The molecule has 0 saturated heterocycles. The first-order chi connectivity index (χ1) is 12.7. The molecule has 0 fully saturated rings. The summed E-state index contributed by atoms with van der Waals surface area (Å²) in [6, 6.07) is 0.289. The third-order valence-electron chi connectivity index (χ3n) is 4.32. The molecule has 2 aromatic rings. The summed E-state index contributed by atoms with van der Waals surface area (Å²) < 4.78 is 7.09. The van der Waals surface area contributed by atoms with Gasteiger partial charge < -0.3 is 15.4 Å². The van der Waals surface area contributed by atoms with E-state index < -0.39 is 0 Å². The van der Waals surface area contributed by atoms with Gasteiger partial charge in [0.25, 0.3) is 0 Å². The number of methoxy groups -OCH3 is 1. The van der Waals surface area contributed by atoms with E-state index in [1.165, 1.54) is 9.88 Å². The molecule has 2 N–H and O–H groups in total. The molecular formula is C17H27N7OS. The number of guanidine groups is 1. The summed E-state index contributed by atoms with van der Waals surface area (Å²) in [5.74, 6) is 2.61. The molecule has 0 aliphatic carbocycles. The van der Waals surface area contributed by atoms with Crippen LogP contribution in [0.2, 0.25) is 0 Å². The second-order valence-electron chi connectivity index (χ2n) is 6.26. The number of nitrogens with zero attached hydrogens (tertiary/aromatic N) is 5. The molecule has 3 rings (SSSR count). The minimum atomic E-state index is 0.289. The maximum absolute atomic E-state index is 5.12. The molecule has 0 bridgehead atoms. The zero-order chi connectivity index (χ0) is 18.4. The number of aromatic nitrogens is 4. The molecule has 1 atom stereocenters. The molecule has 142 valence electrons. The first-order valence-electron chi connectivity index (χ1n) is 9.04. The van der Waals surface area contributed by atoms with Crippen LogP contribution in [0.1, 0.15) is 34.9 Å². The van der Waals surface area contributed by atoms with Gasteiger partial charge in [0.2, 0.25) is 0 Å². The van der Waals surface area contributed by atoms with Crippen molar-refractivity contribution in [2.75, 3.05) is 20.7 Å². The van der Waals surface area contributed by atoms with Gasteiger partial charge in [-0.3, -0.25) is 4.99 Å².